The molecule has 0 bridgehead atoms. The highest BCUT2D eigenvalue weighted by atomic mass is 16.2. The van der Waals surface area contributed by atoms with E-state index in [-0.39, 0.29) is 5.91 Å². The van der Waals surface area contributed by atoms with Gasteiger partial charge in [-0.05, 0) is 37.9 Å². The van der Waals surface area contributed by atoms with Crippen molar-refractivity contribution < 1.29 is 4.79 Å². The number of carbonyl (C=O) groups is 1. The molecule has 1 unspecified atom stereocenters. The minimum atomic E-state index is 0.139. The Balaban J connectivity index is 1.82. The quantitative estimate of drug-likeness (QED) is 0.792. The molecule has 118 valence electrons. The van der Waals surface area contributed by atoms with Crippen LogP contribution in [0.15, 0.2) is 18.5 Å². The van der Waals surface area contributed by atoms with Crippen LogP contribution < -0.4 is 10.6 Å². The summed E-state index contributed by atoms with van der Waals surface area (Å²) in [7, 11) is 0. The summed E-state index contributed by atoms with van der Waals surface area (Å²) in [4.78, 5) is 12.2. The number of nitrogens with one attached hydrogen (secondary N) is 2. The van der Waals surface area contributed by atoms with Gasteiger partial charge >= 0.3 is 0 Å². The van der Waals surface area contributed by atoms with E-state index < -0.39 is 0 Å². The van der Waals surface area contributed by atoms with Gasteiger partial charge in [-0.3, -0.25) is 4.79 Å². The van der Waals surface area contributed by atoms with Crippen molar-refractivity contribution >= 4 is 5.91 Å². The van der Waals surface area contributed by atoms with E-state index in [4.69, 9.17) is 0 Å². The summed E-state index contributed by atoms with van der Waals surface area (Å²) < 4.78 is 1.98. The number of hydrogen-bond donors (Lipinski definition) is 2. The molecule has 0 radical (unpaired) electrons. The monoisotopic (exact) mass is 291 g/mol. The van der Waals surface area contributed by atoms with Crippen LogP contribution >= 0.6 is 0 Å². The van der Waals surface area contributed by atoms with Crippen LogP contribution in [-0.2, 0) is 11.3 Å². The zero-order valence-electron chi connectivity index (χ0n) is 13.4. The topological polar surface area (TPSA) is 46.1 Å². The van der Waals surface area contributed by atoms with Gasteiger partial charge in [0.2, 0.25) is 5.91 Å². The fourth-order valence-electron chi connectivity index (χ4n) is 3.10. The number of carbonyl (C=O) groups excluding carboxylic acids is 1. The summed E-state index contributed by atoms with van der Waals surface area (Å²) in [5, 5.41) is 6.58. The normalized spacial score (nSPS) is 18.2. The van der Waals surface area contributed by atoms with Gasteiger partial charge in [-0.2, -0.15) is 0 Å². The first kappa shape index (κ1) is 16.1. The number of nitrogens with zero attached hydrogens (tertiary/aromatic N) is 1. The summed E-state index contributed by atoms with van der Waals surface area (Å²) in [6.07, 6.45) is 11.5. The first-order valence-electron chi connectivity index (χ1n) is 8.37. The Morgan fingerprint density at radius 2 is 2.05 bits per heavy atom. The Kier molecular flexibility index (Phi) is 6.30. The van der Waals surface area contributed by atoms with Crippen molar-refractivity contribution in [2.75, 3.05) is 6.54 Å². The second-order valence-corrected chi connectivity index (χ2v) is 6.15. The Morgan fingerprint density at radius 3 is 2.71 bits per heavy atom. The van der Waals surface area contributed by atoms with Crippen LogP contribution in [0.4, 0.5) is 0 Å². The molecule has 4 heteroatoms. The molecule has 2 N–H and O–H groups in total. The van der Waals surface area contributed by atoms with E-state index >= 15 is 0 Å². The molecule has 1 atom stereocenters. The van der Waals surface area contributed by atoms with Gasteiger partial charge in [-0.15, -0.1) is 0 Å². The molecule has 0 saturated heterocycles. The van der Waals surface area contributed by atoms with E-state index in [0.717, 1.165) is 19.4 Å². The van der Waals surface area contributed by atoms with Crippen LogP contribution in [0, 0.1) is 0 Å². The van der Waals surface area contributed by atoms with Gasteiger partial charge in [-0.25, -0.2) is 0 Å². The Labute approximate surface area is 128 Å². The molecule has 1 fully saturated rings. The van der Waals surface area contributed by atoms with Crippen molar-refractivity contribution in [3.8, 4) is 0 Å². The summed E-state index contributed by atoms with van der Waals surface area (Å²) in [5.41, 5.74) is 1.24. The lowest BCUT2D eigenvalue weighted by Crippen LogP contribution is -2.36. The third-order valence-corrected chi connectivity index (χ3v) is 4.33. The van der Waals surface area contributed by atoms with Crippen molar-refractivity contribution in [3.05, 3.63) is 24.0 Å². The SMILES string of the molecule is CCNC(C)c1ccn(CC(=O)NC2CCCCCC2)c1. The minimum Gasteiger partial charge on any atom is -0.352 e. The maximum Gasteiger partial charge on any atom is 0.240 e. The number of aromatic nitrogens is 1. The fraction of sp³-hybridized carbons (Fsp3) is 0.706. The zero-order valence-corrected chi connectivity index (χ0v) is 13.4. The molecule has 1 aliphatic rings. The van der Waals surface area contributed by atoms with Gasteiger partial charge < -0.3 is 15.2 Å². The molecule has 4 nitrogen and oxygen atoms in total. The zero-order chi connectivity index (χ0) is 15.1. The predicted molar refractivity (Wildman–Crippen MR) is 86.2 cm³/mol. The van der Waals surface area contributed by atoms with Crippen LogP contribution in [0.1, 0.15) is 64.0 Å². The third kappa shape index (κ3) is 5.20. The van der Waals surface area contributed by atoms with Gasteiger partial charge in [0, 0.05) is 24.5 Å². The number of rotatable bonds is 6. The van der Waals surface area contributed by atoms with Gasteiger partial charge in [0.05, 0.1) is 0 Å². The molecular weight excluding hydrogens is 262 g/mol. The molecule has 0 aliphatic heterocycles. The third-order valence-electron chi connectivity index (χ3n) is 4.33. The summed E-state index contributed by atoms with van der Waals surface area (Å²) in [6.45, 7) is 5.63. The Morgan fingerprint density at radius 1 is 1.33 bits per heavy atom. The molecule has 1 heterocycles. The average molecular weight is 291 g/mol. The summed E-state index contributed by atoms with van der Waals surface area (Å²) in [5.74, 6) is 0.139. The fourth-order valence-corrected chi connectivity index (χ4v) is 3.10. The maximum absolute atomic E-state index is 12.2. The first-order chi connectivity index (χ1) is 10.2. The summed E-state index contributed by atoms with van der Waals surface area (Å²) >= 11 is 0. The van der Waals surface area contributed by atoms with E-state index in [1.54, 1.807) is 0 Å². The van der Waals surface area contributed by atoms with E-state index in [1.165, 1.54) is 31.2 Å². The first-order valence-corrected chi connectivity index (χ1v) is 8.37. The molecular formula is C17H29N3O. The smallest absolute Gasteiger partial charge is 0.240 e. The molecule has 1 amide bonds. The van der Waals surface area contributed by atoms with E-state index in [9.17, 15) is 4.79 Å². The van der Waals surface area contributed by atoms with E-state index in [1.807, 2.05) is 10.8 Å². The van der Waals surface area contributed by atoms with Gasteiger partial charge in [0.1, 0.15) is 6.54 Å². The van der Waals surface area contributed by atoms with Crippen LogP contribution in [-0.4, -0.2) is 23.1 Å². The highest BCUT2D eigenvalue weighted by Gasteiger charge is 2.15. The lowest BCUT2D eigenvalue weighted by molar-refractivity contribution is -0.122. The van der Waals surface area contributed by atoms with Gasteiger partial charge in [0.15, 0.2) is 0 Å². The molecule has 0 aromatic carbocycles. The van der Waals surface area contributed by atoms with E-state index in [2.05, 4.69) is 36.7 Å². The molecule has 2 rings (SSSR count). The lowest BCUT2D eigenvalue weighted by Gasteiger charge is -2.16. The number of amides is 1. The Hall–Kier alpha value is -1.29. The van der Waals surface area contributed by atoms with Crippen molar-refractivity contribution in [1.82, 2.24) is 15.2 Å². The molecule has 0 spiro atoms. The van der Waals surface area contributed by atoms with Gasteiger partial charge in [0.25, 0.3) is 0 Å². The molecule has 1 aromatic heterocycles. The van der Waals surface area contributed by atoms with E-state index in [0.29, 0.717) is 18.6 Å². The molecule has 1 saturated carbocycles. The molecule has 1 aliphatic carbocycles. The van der Waals surface area contributed by atoms with Crippen molar-refractivity contribution in [2.45, 2.75) is 71.0 Å². The van der Waals surface area contributed by atoms with Crippen molar-refractivity contribution in [3.63, 3.8) is 0 Å². The van der Waals surface area contributed by atoms with Crippen LogP contribution in [0.2, 0.25) is 0 Å². The molecule has 21 heavy (non-hydrogen) atoms. The highest BCUT2D eigenvalue weighted by Crippen LogP contribution is 2.17. The minimum absolute atomic E-state index is 0.139. The largest absolute Gasteiger partial charge is 0.352 e. The lowest BCUT2D eigenvalue weighted by atomic mass is 10.1. The highest BCUT2D eigenvalue weighted by molar-refractivity contribution is 5.76. The molecule has 1 aromatic rings. The van der Waals surface area contributed by atoms with Crippen LogP contribution in [0.25, 0.3) is 0 Å². The second-order valence-electron chi connectivity index (χ2n) is 6.15. The summed E-state index contributed by atoms with van der Waals surface area (Å²) in [6, 6.07) is 2.81. The Bertz CT molecular complexity index is 433. The van der Waals surface area contributed by atoms with Crippen LogP contribution in [0.5, 0.6) is 0 Å². The van der Waals surface area contributed by atoms with Crippen LogP contribution in [0.3, 0.4) is 0 Å². The van der Waals surface area contributed by atoms with Crippen molar-refractivity contribution in [1.29, 1.82) is 0 Å². The standard InChI is InChI=1S/C17H29N3O/c1-3-18-14(2)15-10-11-20(12-15)13-17(21)19-16-8-6-4-5-7-9-16/h10-12,14,16,18H,3-9,13H2,1-2H3,(H,19,21). The second kappa shape index (κ2) is 8.23. The predicted octanol–water partition coefficient (Wildman–Crippen LogP) is 3.00. The number of hydrogen-bond acceptors (Lipinski definition) is 2. The maximum atomic E-state index is 12.2. The van der Waals surface area contributed by atoms with Crippen molar-refractivity contribution in [2.24, 2.45) is 0 Å². The average Bonchev–Trinajstić information content (AvgIpc) is 2.76. The van der Waals surface area contributed by atoms with Gasteiger partial charge in [-0.1, -0.05) is 32.6 Å².